The number of hydrogen-bond acceptors (Lipinski definition) is 3. The second-order valence-corrected chi connectivity index (χ2v) is 5.46. The number of nitrogens with zero attached hydrogens (tertiary/aromatic N) is 1. The van der Waals surface area contributed by atoms with Crippen molar-refractivity contribution in [1.82, 2.24) is 10.2 Å². The summed E-state index contributed by atoms with van der Waals surface area (Å²) in [5.41, 5.74) is 0. The fourth-order valence-corrected chi connectivity index (χ4v) is 2.71. The van der Waals surface area contributed by atoms with Gasteiger partial charge in [-0.15, -0.1) is 0 Å². The number of amides is 1. The molecule has 1 fully saturated rings. The number of likely N-dealkylation sites (tertiary alicyclic amines) is 1. The van der Waals surface area contributed by atoms with Crippen molar-refractivity contribution in [2.24, 2.45) is 5.92 Å². The summed E-state index contributed by atoms with van der Waals surface area (Å²) in [5.74, 6) is 2.69. The Hall–Kier alpha value is -1.29. The van der Waals surface area contributed by atoms with Crippen LogP contribution in [0.2, 0.25) is 0 Å². The van der Waals surface area contributed by atoms with Crippen LogP contribution in [0, 0.1) is 12.8 Å². The smallest absolute Gasteiger partial charge is 0.222 e. The van der Waals surface area contributed by atoms with Crippen molar-refractivity contribution in [2.45, 2.75) is 46.2 Å². The first kappa shape index (κ1) is 14.1. The topological polar surface area (TPSA) is 45.5 Å². The fraction of sp³-hybridized carbons (Fsp3) is 0.667. The number of carbonyl (C=O) groups excluding carboxylic acids is 1. The highest BCUT2D eigenvalue weighted by atomic mass is 16.3. The molecular weight excluding hydrogens is 240 g/mol. The maximum absolute atomic E-state index is 11.7. The van der Waals surface area contributed by atoms with Gasteiger partial charge < -0.3 is 14.6 Å². The first-order valence-electron chi connectivity index (χ1n) is 7.16. The van der Waals surface area contributed by atoms with Crippen LogP contribution in [0.15, 0.2) is 16.5 Å². The molecule has 0 radical (unpaired) electrons. The Labute approximate surface area is 115 Å². The Balaban J connectivity index is 1.81. The van der Waals surface area contributed by atoms with Crippen molar-refractivity contribution in [3.8, 4) is 0 Å². The maximum Gasteiger partial charge on any atom is 0.222 e. The van der Waals surface area contributed by atoms with Crippen LogP contribution in [0.25, 0.3) is 0 Å². The molecular formula is C15H24N2O2. The average Bonchev–Trinajstić information content (AvgIpc) is 2.82. The van der Waals surface area contributed by atoms with Gasteiger partial charge in [0.1, 0.15) is 11.5 Å². The van der Waals surface area contributed by atoms with Gasteiger partial charge in [-0.25, -0.2) is 0 Å². The minimum atomic E-state index is 0.270. The van der Waals surface area contributed by atoms with Crippen LogP contribution in [-0.2, 0) is 11.3 Å². The van der Waals surface area contributed by atoms with Gasteiger partial charge in [0.2, 0.25) is 5.91 Å². The van der Waals surface area contributed by atoms with E-state index in [4.69, 9.17) is 4.42 Å². The van der Waals surface area contributed by atoms with E-state index in [1.54, 1.807) is 0 Å². The van der Waals surface area contributed by atoms with Crippen molar-refractivity contribution in [2.75, 3.05) is 13.1 Å². The molecule has 2 rings (SSSR count). The van der Waals surface area contributed by atoms with Gasteiger partial charge in [-0.1, -0.05) is 13.8 Å². The lowest BCUT2D eigenvalue weighted by molar-refractivity contribution is -0.132. The Bertz CT molecular complexity index is 428. The van der Waals surface area contributed by atoms with Crippen LogP contribution in [0.1, 0.15) is 38.2 Å². The lowest BCUT2D eigenvalue weighted by atomic mass is 9.93. The van der Waals surface area contributed by atoms with Gasteiger partial charge in [0.15, 0.2) is 0 Å². The van der Waals surface area contributed by atoms with Crippen molar-refractivity contribution in [1.29, 1.82) is 0 Å². The molecule has 2 heterocycles. The molecule has 0 bridgehead atoms. The van der Waals surface area contributed by atoms with Crippen LogP contribution in [-0.4, -0.2) is 29.9 Å². The Morgan fingerprint density at radius 2 is 2.32 bits per heavy atom. The highest BCUT2D eigenvalue weighted by molar-refractivity contribution is 5.75. The van der Waals surface area contributed by atoms with Gasteiger partial charge in [0.25, 0.3) is 0 Å². The zero-order valence-electron chi connectivity index (χ0n) is 12.1. The summed E-state index contributed by atoms with van der Waals surface area (Å²) < 4.78 is 5.56. The molecule has 0 saturated carbocycles. The normalized spacial score (nSPS) is 23.6. The molecule has 106 valence electrons. The van der Waals surface area contributed by atoms with Crippen LogP contribution in [0.4, 0.5) is 0 Å². The van der Waals surface area contributed by atoms with E-state index in [2.05, 4.69) is 12.2 Å². The van der Waals surface area contributed by atoms with Gasteiger partial charge in [0.05, 0.1) is 6.54 Å². The van der Waals surface area contributed by atoms with Crippen molar-refractivity contribution >= 4 is 5.91 Å². The second-order valence-electron chi connectivity index (χ2n) is 5.46. The second kappa shape index (κ2) is 6.24. The van der Waals surface area contributed by atoms with Crippen LogP contribution in [0.5, 0.6) is 0 Å². The SMILES string of the molecule is CCC(=O)N1CC[C@H](NCc2ccc(C)o2)[C@@H](C)C1. The highest BCUT2D eigenvalue weighted by Crippen LogP contribution is 2.18. The Kier molecular flexibility index (Phi) is 4.64. The number of hydrogen-bond donors (Lipinski definition) is 1. The molecule has 1 aliphatic rings. The monoisotopic (exact) mass is 264 g/mol. The maximum atomic E-state index is 11.7. The van der Waals surface area contributed by atoms with Gasteiger partial charge in [-0.05, 0) is 31.4 Å². The third-order valence-electron chi connectivity index (χ3n) is 3.89. The molecule has 1 aliphatic heterocycles. The summed E-state index contributed by atoms with van der Waals surface area (Å²) in [6, 6.07) is 4.47. The predicted octanol–water partition coefficient (Wildman–Crippen LogP) is 2.32. The molecule has 0 aromatic carbocycles. The van der Waals surface area contributed by atoms with E-state index in [1.165, 1.54) is 0 Å². The number of aryl methyl sites for hydroxylation is 1. The molecule has 19 heavy (non-hydrogen) atoms. The number of nitrogens with one attached hydrogen (secondary N) is 1. The van der Waals surface area contributed by atoms with Gasteiger partial charge in [-0.3, -0.25) is 4.79 Å². The first-order chi connectivity index (χ1) is 9.10. The average molecular weight is 264 g/mol. The van der Waals surface area contributed by atoms with E-state index in [-0.39, 0.29) is 5.91 Å². The summed E-state index contributed by atoms with van der Waals surface area (Å²) in [7, 11) is 0. The molecule has 1 N–H and O–H groups in total. The summed E-state index contributed by atoms with van der Waals surface area (Å²) in [4.78, 5) is 13.7. The highest BCUT2D eigenvalue weighted by Gasteiger charge is 2.27. The molecule has 1 amide bonds. The Morgan fingerprint density at radius 1 is 1.53 bits per heavy atom. The quantitative estimate of drug-likeness (QED) is 0.907. The third kappa shape index (κ3) is 3.60. The minimum Gasteiger partial charge on any atom is -0.465 e. The zero-order chi connectivity index (χ0) is 13.8. The van der Waals surface area contributed by atoms with Crippen molar-refractivity contribution in [3.05, 3.63) is 23.7 Å². The molecule has 0 spiro atoms. The van der Waals surface area contributed by atoms with E-state index >= 15 is 0 Å². The number of furan rings is 1. The summed E-state index contributed by atoms with van der Waals surface area (Å²) >= 11 is 0. The van der Waals surface area contributed by atoms with Crippen LogP contribution in [0.3, 0.4) is 0 Å². The van der Waals surface area contributed by atoms with Crippen LogP contribution >= 0.6 is 0 Å². The van der Waals surface area contributed by atoms with Gasteiger partial charge in [-0.2, -0.15) is 0 Å². The lowest BCUT2D eigenvalue weighted by Crippen LogP contribution is -2.49. The molecule has 2 atom stereocenters. The Morgan fingerprint density at radius 3 is 2.89 bits per heavy atom. The number of rotatable bonds is 4. The van der Waals surface area contributed by atoms with E-state index in [0.29, 0.717) is 18.4 Å². The van der Waals surface area contributed by atoms with E-state index in [9.17, 15) is 4.79 Å². The van der Waals surface area contributed by atoms with E-state index < -0.39 is 0 Å². The molecule has 1 aromatic rings. The standard InChI is InChI=1S/C15H24N2O2/c1-4-15(18)17-8-7-14(11(2)10-17)16-9-13-6-5-12(3)19-13/h5-6,11,14,16H,4,7-10H2,1-3H3/t11-,14-/m0/s1. The zero-order valence-corrected chi connectivity index (χ0v) is 12.1. The third-order valence-corrected chi connectivity index (χ3v) is 3.89. The molecule has 1 saturated heterocycles. The van der Waals surface area contributed by atoms with Gasteiger partial charge in [0, 0.05) is 25.6 Å². The van der Waals surface area contributed by atoms with Crippen molar-refractivity contribution < 1.29 is 9.21 Å². The summed E-state index contributed by atoms with van der Waals surface area (Å²) in [6.07, 6.45) is 1.63. The van der Waals surface area contributed by atoms with Crippen molar-refractivity contribution in [3.63, 3.8) is 0 Å². The largest absolute Gasteiger partial charge is 0.465 e. The predicted molar refractivity (Wildman–Crippen MR) is 74.7 cm³/mol. The lowest BCUT2D eigenvalue weighted by Gasteiger charge is -2.37. The molecule has 4 nitrogen and oxygen atoms in total. The molecule has 0 aliphatic carbocycles. The van der Waals surface area contributed by atoms with Gasteiger partial charge >= 0.3 is 0 Å². The first-order valence-corrected chi connectivity index (χ1v) is 7.16. The van der Waals surface area contributed by atoms with E-state index in [1.807, 2.05) is 30.9 Å². The van der Waals surface area contributed by atoms with E-state index in [0.717, 1.165) is 37.6 Å². The number of carbonyl (C=O) groups is 1. The summed E-state index contributed by atoms with van der Waals surface area (Å²) in [6.45, 7) is 8.59. The fourth-order valence-electron chi connectivity index (χ4n) is 2.71. The molecule has 1 aromatic heterocycles. The molecule has 0 unspecified atom stereocenters. The van der Waals surface area contributed by atoms with Crippen LogP contribution < -0.4 is 5.32 Å². The summed E-state index contributed by atoms with van der Waals surface area (Å²) in [5, 5.41) is 3.55. The number of piperidine rings is 1. The minimum absolute atomic E-state index is 0.270. The molecule has 4 heteroatoms.